The van der Waals surface area contributed by atoms with Crippen LogP contribution in [0.5, 0.6) is 11.5 Å². The fraction of sp³-hybridized carbons (Fsp3) is 0.450. The van der Waals surface area contributed by atoms with E-state index in [1.807, 2.05) is 0 Å². The van der Waals surface area contributed by atoms with Crippen molar-refractivity contribution in [3.8, 4) is 11.5 Å². The number of carbonyl (C=O) groups excluding carboxylic acids is 2. The summed E-state index contributed by atoms with van der Waals surface area (Å²) in [5.41, 5.74) is 0.542. The Hall–Kier alpha value is -2.34. The number of nitrogens with zero attached hydrogens (tertiary/aromatic N) is 2. The highest BCUT2D eigenvalue weighted by Gasteiger charge is 2.67. The minimum atomic E-state index is -0.268. The first-order valence-corrected chi connectivity index (χ1v) is 9.64. The summed E-state index contributed by atoms with van der Waals surface area (Å²) in [7, 11) is 0. The highest BCUT2D eigenvalue weighted by Crippen LogP contribution is 2.65. The Kier molecular flexibility index (Phi) is 3.63. The zero-order valence-corrected chi connectivity index (χ0v) is 15.5. The van der Waals surface area contributed by atoms with E-state index in [1.54, 1.807) is 13.0 Å². The molecule has 0 spiro atoms. The van der Waals surface area contributed by atoms with Crippen LogP contribution in [0.25, 0.3) is 0 Å². The number of imide groups is 1. The molecule has 6 rings (SSSR count). The van der Waals surface area contributed by atoms with Crippen molar-refractivity contribution >= 4 is 29.6 Å². The number of phenolic OH excluding ortho intramolecular Hbond substituents is 1. The maximum Gasteiger partial charge on any atom is 0.254 e. The molecule has 2 bridgehead atoms. The summed E-state index contributed by atoms with van der Waals surface area (Å²) < 4.78 is 5.35. The number of amides is 2. The summed E-state index contributed by atoms with van der Waals surface area (Å²) >= 11 is 6.03. The number of benzene rings is 1. The van der Waals surface area contributed by atoms with Gasteiger partial charge >= 0.3 is 0 Å². The van der Waals surface area contributed by atoms with E-state index in [0.717, 1.165) is 11.4 Å². The lowest BCUT2D eigenvalue weighted by Gasteiger charge is -2.37. The molecule has 0 unspecified atom stereocenters. The molecule has 1 heterocycles. The quantitative estimate of drug-likeness (QED) is 0.490. The molecule has 0 aromatic heterocycles. The summed E-state index contributed by atoms with van der Waals surface area (Å²) in [5.74, 6) is 0.619. The van der Waals surface area contributed by atoms with Crippen LogP contribution in [0.15, 0.2) is 29.4 Å². The Balaban J connectivity index is 1.42. The third-order valence-electron chi connectivity index (χ3n) is 6.31. The zero-order chi connectivity index (χ0) is 18.9. The second kappa shape index (κ2) is 5.83. The van der Waals surface area contributed by atoms with Crippen molar-refractivity contribution in [1.29, 1.82) is 0 Å². The van der Waals surface area contributed by atoms with Gasteiger partial charge in [-0.1, -0.05) is 23.8 Å². The van der Waals surface area contributed by atoms with Crippen LogP contribution in [0.3, 0.4) is 0 Å². The molecule has 5 aliphatic rings. The molecule has 2 saturated carbocycles. The first kappa shape index (κ1) is 16.8. The van der Waals surface area contributed by atoms with Gasteiger partial charge in [-0.25, -0.2) is 0 Å². The molecule has 27 heavy (non-hydrogen) atoms. The molecule has 1 aliphatic heterocycles. The standard InChI is InChI=1S/C20H19ClN2O4/c1-2-27-15-6-9(5-14(21)18(15)24)8-22-23-19(25)16-10-3-4-11(13-7-12(10)13)17(16)20(23)26/h3-6,8,10-13,16-17,24H,2,7H2,1H3/b22-8-/t10-,11-,12-,13+,16-,17-/m1/s1. The Bertz CT molecular complexity index is 875. The van der Waals surface area contributed by atoms with Crippen LogP contribution < -0.4 is 4.74 Å². The molecule has 1 N–H and O–H groups in total. The lowest BCUT2D eigenvalue weighted by Crippen LogP contribution is -2.40. The van der Waals surface area contributed by atoms with E-state index in [2.05, 4.69) is 17.3 Å². The van der Waals surface area contributed by atoms with Crippen LogP contribution in [0.1, 0.15) is 18.9 Å². The number of hydrogen-bond donors (Lipinski definition) is 1. The van der Waals surface area contributed by atoms with Crippen LogP contribution in [0.2, 0.25) is 5.02 Å². The summed E-state index contributed by atoms with van der Waals surface area (Å²) in [4.78, 5) is 25.8. The first-order valence-electron chi connectivity index (χ1n) is 9.26. The van der Waals surface area contributed by atoms with E-state index >= 15 is 0 Å². The predicted molar refractivity (Wildman–Crippen MR) is 98.4 cm³/mol. The number of hydrogen-bond acceptors (Lipinski definition) is 5. The Morgan fingerprint density at radius 3 is 2.44 bits per heavy atom. The number of ether oxygens (including phenoxy) is 1. The molecule has 1 aromatic carbocycles. The van der Waals surface area contributed by atoms with Crippen LogP contribution >= 0.6 is 11.6 Å². The largest absolute Gasteiger partial charge is 0.503 e. The van der Waals surface area contributed by atoms with Crippen molar-refractivity contribution in [3.05, 3.63) is 34.9 Å². The minimum Gasteiger partial charge on any atom is -0.503 e. The van der Waals surface area contributed by atoms with Gasteiger partial charge in [0.25, 0.3) is 11.8 Å². The van der Waals surface area contributed by atoms with Gasteiger partial charge in [0.05, 0.1) is 29.7 Å². The molecular weight excluding hydrogens is 368 g/mol. The molecular formula is C20H19ClN2O4. The van der Waals surface area contributed by atoms with E-state index < -0.39 is 0 Å². The topological polar surface area (TPSA) is 79.2 Å². The average Bonchev–Trinajstić information content (AvgIpc) is 3.43. The number of halogens is 1. The SMILES string of the molecule is CCOc1cc(/C=N\N2C(=O)[C@@H]3[C@@H]4C=C[C@H]([C@@H]5C[C@H]45)[C@H]3C2=O)cc(Cl)c1O. The van der Waals surface area contributed by atoms with Crippen molar-refractivity contribution in [3.63, 3.8) is 0 Å². The minimum absolute atomic E-state index is 0.123. The van der Waals surface area contributed by atoms with Gasteiger partial charge in [-0.2, -0.15) is 10.1 Å². The molecule has 3 fully saturated rings. The summed E-state index contributed by atoms with van der Waals surface area (Å²) in [6.45, 7) is 2.17. The van der Waals surface area contributed by atoms with Gasteiger partial charge in [-0.3, -0.25) is 9.59 Å². The average molecular weight is 387 g/mol. The summed E-state index contributed by atoms with van der Waals surface area (Å²) in [6.07, 6.45) is 6.81. The van der Waals surface area contributed by atoms with Gasteiger partial charge in [0.15, 0.2) is 11.5 Å². The van der Waals surface area contributed by atoms with E-state index in [1.165, 1.54) is 12.3 Å². The van der Waals surface area contributed by atoms with Crippen LogP contribution in [-0.2, 0) is 9.59 Å². The van der Waals surface area contributed by atoms with E-state index in [4.69, 9.17) is 16.3 Å². The molecule has 4 aliphatic carbocycles. The number of rotatable bonds is 4. The highest BCUT2D eigenvalue weighted by molar-refractivity contribution is 6.32. The Labute approximate surface area is 161 Å². The number of phenols is 1. The van der Waals surface area contributed by atoms with Gasteiger partial charge in [-0.15, -0.1) is 0 Å². The third kappa shape index (κ3) is 2.35. The van der Waals surface area contributed by atoms with Crippen LogP contribution in [-0.4, -0.2) is 34.8 Å². The third-order valence-corrected chi connectivity index (χ3v) is 6.60. The predicted octanol–water partition coefficient (Wildman–Crippen LogP) is 2.83. The monoisotopic (exact) mass is 386 g/mol. The van der Waals surface area contributed by atoms with Crippen LogP contribution in [0.4, 0.5) is 0 Å². The second-order valence-electron chi connectivity index (χ2n) is 7.67. The second-order valence-corrected chi connectivity index (χ2v) is 8.08. The van der Waals surface area contributed by atoms with E-state index in [0.29, 0.717) is 24.0 Å². The van der Waals surface area contributed by atoms with Crippen LogP contribution in [0, 0.1) is 35.5 Å². The number of allylic oxidation sites excluding steroid dienone is 2. The lowest BCUT2D eigenvalue weighted by molar-refractivity contribution is -0.140. The normalized spacial score (nSPS) is 35.7. The fourth-order valence-corrected chi connectivity index (χ4v) is 5.33. The van der Waals surface area contributed by atoms with Gasteiger partial charge in [0.2, 0.25) is 0 Å². The number of carbonyl (C=O) groups is 2. The van der Waals surface area contributed by atoms with E-state index in [-0.39, 0.29) is 52.0 Å². The molecule has 2 amide bonds. The van der Waals surface area contributed by atoms with Crippen molar-refractivity contribution in [1.82, 2.24) is 5.01 Å². The van der Waals surface area contributed by atoms with Crippen molar-refractivity contribution < 1.29 is 19.4 Å². The molecule has 1 saturated heterocycles. The zero-order valence-electron chi connectivity index (χ0n) is 14.7. The van der Waals surface area contributed by atoms with E-state index in [9.17, 15) is 14.7 Å². The van der Waals surface area contributed by atoms with Crippen molar-refractivity contribution in [2.24, 2.45) is 40.6 Å². The smallest absolute Gasteiger partial charge is 0.254 e. The highest BCUT2D eigenvalue weighted by atomic mass is 35.5. The molecule has 6 nitrogen and oxygen atoms in total. The van der Waals surface area contributed by atoms with Crippen molar-refractivity contribution in [2.75, 3.05) is 6.61 Å². The van der Waals surface area contributed by atoms with Crippen molar-refractivity contribution in [2.45, 2.75) is 13.3 Å². The Morgan fingerprint density at radius 1 is 1.22 bits per heavy atom. The van der Waals surface area contributed by atoms with Gasteiger partial charge in [-0.05, 0) is 54.7 Å². The lowest BCUT2D eigenvalue weighted by atomic mass is 9.63. The van der Waals surface area contributed by atoms with Gasteiger partial charge in [0, 0.05) is 0 Å². The Morgan fingerprint density at radius 2 is 1.85 bits per heavy atom. The molecule has 140 valence electrons. The maximum atomic E-state index is 12.9. The fourth-order valence-electron chi connectivity index (χ4n) is 5.11. The summed E-state index contributed by atoms with van der Waals surface area (Å²) in [6, 6.07) is 3.09. The first-order chi connectivity index (χ1) is 13.0. The number of aromatic hydroxyl groups is 1. The van der Waals surface area contributed by atoms with Gasteiger partial charge < -0.3 is 9.84 Å². The molecule has 6 atom stereocenters. The number of hydrazone groups is 1. The molecule has 1 aromatic rings. The molecule has 7 heteroatoms. The summed E-state index contributed by atoms with van der Waals surface area (Å²) in [5, 5.41) is 15.2. The molecule has 0 radical (unpaired) electrons. The maximum absolute atomic E-state index is 12.9. The van der Waals surface area contributed by atoms with Gasteiger partial charge in [0.1, 0.15) is 0 Å².